The Morgan fingerprint density at radius 2 is 2.10 bits per heavy atom. The highest BCUT2D eigenvalue weighted by Gasteiger charge is 2.29. The summed E-state index contributed by atoms with van der Waals surface area (Å²) in [5.41, 5.74) is 7.82. The molecule has 2 aromatic rings. The van der Waals surface area contributed by atoms with E-state index in [4.69, 9.17) is 5.73 Å². The van der Waals surface area contributed by atoms with Gasteiger partial charge in [-0.2, -0.15) is 0 Å². The van der Waals surface area contributed by atoms with Crippen LogP contribution < -0.4 is 5.73 Å². The summed E-state index contributed by atoms with van der Waals surface area (Å²) < 4.78 is 0. The molecule has 1 aromatic carbocycles. The Kier molecular flexibility index (Phi) is 3.70. The first-order valence-electron chi connectivity index (χ1n) is 7.14. The Bertz CT molecular complexity index is 593. The first-order valence-corrected chi connectivity index (χ1v) is 7.14. The molecule has 2 atom stereocenters. The maximum atomic E-state index is 6.60. The molecule has 2 N–H and O–H groups in total. The molecule has 106 valence electrons. The Balaban J connectivity index is 1.97. The van der Waals surface area contributed by atoms with E-state index in [0.29, 0.717) is 6.04 Å². The molecule has 2 heterocycles. The van der Waals surface area contributed by atoms with Gasteiger partial charge in [-0.3, -0.25) is 9.88 Å². The number of hydrogen-bond acceptors (Lipinski definition) is 4. The van der Waals surface area contributed by atoms with Crippen LogP contribution in [0.5, 0.6) is 0 Å². The lowest BCUT2D eigenvalue weighted by Crippen LogP contribution is -2.54. The molecule has 0 bridgehead atoms. The third-order valence-corrected chi connectivity index (χ3v) is 4.39. The van der Waals surface area contributed by atoms with E-state index < -0.39 is 0 Å². The summed E-state index contributed by atoms with van der Waals surface area (Å²) in [6.45, 7) is 3.19. The number of likely N-dealkylation sites (N-methyl/N-ethyl adjacent to an activating group) is 2. The van der Waals surface area contributed by atoms with Crippen LogP contribution in [0.1, 0.15) is 11.6 Å². The SMILES string of the molecule is CN1CCN(C)C(C(N)c2cccc3cnccc23)C1. The normalized spacial score (nSPS) is 23.1. The smallest absolute Gasteiger partial charge is 0.0471 e. The minimum Gasteiger partial charge on any atom is -0.323 e. The number of rotatable bonds is 2. The molecule has 0 saturated carbocycles. The maximum Gasteiger partial charge on any atom is 0.0471 e. The second-order valence-electron chi connectivity index (χ2n) is 5.78. The molecule has 4 heteroatoms. The summed E-state index contributed by atoms with van der Waals surface area (Å²) in [5.74, 6) is 0. The second-order valence-corrected chi connectivity index (χ2v) is 5.78. The second kappa shape index (κ2) is 5.48. The number of piperazine rings is 1. The van der Waals surface area contributed by atoms with Crippen molar-refractivity contribution in [2.24, 2.45) is 5.73 Å². The molecule has 0 aliphatic carbocycles. The minimum atomic E-state index is 0.0221. The van der Waals surface area contributed by atoms with Crippen molar-refractivity contribution in [3.8, 4) is 0 Å². The van der Waals surface area contributed by atoms with Gasteiger partial charge in [-0.05, 0) is 31.1 Å². The van der Waals surface area contributed by atoms with Gasteiger partial charge in [0.1, 0.15) is 0 Å². The molecule has 20 heavy (non-hydrogen) atoms. The van der Waals surface area contributed by atoms with Crippen molar-refractivity contribution in [3.05, 3.63) is 42.2 Å². The minimum absolute atomic E-state index is 0.0221. The standard InChI is InChI=1S/C16H22N4/c1-19-8-9-20(2)15(11-19)16(17)14-5-3-4-12-10-18-7-6-13(12)14/h3-7,10,15-16H,8-9,11,17H2,1-2H3. The van der Waals surface area contributed by atoms with Gasteiger partial charge in [0, 0.05) is 49.5 Å². The Morgan fingerprint density at radius 1 is 1.25 bits per heavy atom. The summed E-state index contributed by atoms with van der Waals surface area (Å²) in [4.78, 5) is 8.93. The van der Waals surface area contributed by atoms with Crippen LogP contribution in [-0.2, 0) is 0 Å². The lowest BCUT2D eigenvalue weighted by molar-refractivity contribution is 0.0977. The summed E-state index contributed by atoms with van der Waals surface area (Å²) in [6.07, 6.45) is 3.75. The summed E-state index contributed by atoms with van der Waals surface area (Å²) in [5, 5.41) is 2.38. The number of aromatic nitrogens is 1. The monoisotopic (exact) mass is 270 g/mol. The van der Waals surface area contributed by atoms with E-state index in [1.807, 2.05) is 12.4 Å². The topological polar surface area (TPSA) is 45.4 Å². The zero-order valence-electron chi connectivity index (χ0n) is 12.2. The van der Waals surface area contributed by atoms with Crippen molar-refractivity contribution in [2.45, 2.75) is 12.1 Å². The van der Waals surface area contributed by atoms with E-state index in [1.54, 1.807) is 0 Å². The van der Waals surface area contributed by atoms with E-state index in [0.717, 1.165) is 25.0 Å². The average Bonchev–Trinajstić information content (AvgIpc) is 2.48. The van der Waals surface area contributed by atoms with Gasteiger partial charge in [-0.1, -0.05) is 18.2 Å². The number of nitrogens with zero attached hydrogens (tertiary/aromatic N) is 3. The van der Waals surface area contributed by atoms with Crippen LogP contribution in [0.15, 0.2) is 36.7 Å². The van der Waals surface area contributed by atoms with E-state index in [1.165, 1.54) is 10.9 Å². The zero-order valence-corrected chi connectivity index (χ0v) is 12.2. The molecule has 2 unspecified atom stereocenters. The van der Waals surface area contributed by atoms with Crippen LogP contribution in [0.25, 0.3) is 10.8 Å². The van der Waals surface area contributed by atoms with Gasteiger partial charge in [0.15, 0.2) is 0 Å². The van der Waals surface area contributed by atoms with Gasteiger partial charge in [0.05, 0.1) is 0 Å². The van der Waals surface area contributed by atoms with Crippen LogP contribution in [-0.4, -0.2) is 54.6 Å². The first kappa shape index (κ1) is 13.5. The molecule has 1 saturated heterocycles. The number of fused-ring (bicyclic) bond motifs is 1. The van der Waals surface area contributed by atoms with Crippen molar-refractivity contribution in [2.75, 3.05) is 33.7 Å². The fourth-order valence-corrected chi connectivity index (χ4v) is 3.08. The number of hydrogen-bond donors (Lipinski definition) is 1. The predicted octanol–water partition coefficient (Wildman–Crippen LogP) is 1.48. The average molecular weight is 270 g/mol. The third kappa shape index (κ3) is 2.42. The highest BCUT2D eigenvalue weighted by molar-refractivity contribution is 5.85. The summed E-state index contributed by atoms with van der Waals surface area (Å²) in [7, 11) is 4.34. The largest absolute Gasteiger partial charge is 0.323 e. The molecule has 1 fully saturated rings. The fraction of sp³-hybridized carbons (Fsp3) is 0.438. The lowest BCUT2D eigenvalue weighted by atomic mass is 9.93. The van der Waals surface area contributed by atoms with Crippen molar-refractivity contribution < 1.29 is 0 Å². The highest BCUT2D eigenvalue weighted by atomic mass is 15.3. The molecule has 4 nitrogen and oxygen atoms in total. The first-order chi connectivity index (χ1) is 9.66. The van der Waals surface area contributed by atoms with Crippen molar-refractivity contribution >= 4 is 10.8 Å². The van der Waals surface area contributed by atoms with Gasteiger partial charge in [-0.25, -0.2) is 0 Å². The molecular formula is C16H22N4. The molecule has 0 spiro atoms. The molecule has 3 rings (SSSR count). The Morgan fingerprint density at radius 3 is 2.95 bits per heavy atom. The maximum absolute atomic E-state index is 6.60. The van der Waals surface area contributed by atoms with Crippen molar-refractivity contribution in [1.29, 1.82) is 0 Å². The zero-order chi connectivity index (χ0) is 14.1. The number of benzene rings is 1. The molecule has 1 aromatic heterocycles. The summed E-state index contributed by atoms with van der Waals surface area (Å²) in [6, 6.07) is 8.76. The quantitative estimate of drug-likeness (QED) is 0.898. The van der Waals surface area contributed by atoms with Gasteiger partial charge >= 0.3 is 0 Å². The summed E-state index contributed by atoms with van der Waals surface area (Å²) >= 11 is 0. The fourth-order valence-electron chi connectivity index (χ4n) is 3.08. The Hall–Kier alpha value is -1.49. The highest BCUT2D eigenvalue weighted by Crippen LogP contribution is 2.27. The van der Waals surface area contributed by atoms with E-state index in [9.17, 15) is 0 Å². The lowest BCUT2D eigenvalue weighted by Gasteiger charge is -2.41. The third-order valence-electron chi connectivity index (χ3n) is 4.39. The molecule has 1 aliphatic rings. The van der Waals surface area contributed by atoms with Crippen LogP contribution in [0, 0.1) is 0 Å². The van der Waals surface area contributed by atoms with Crippen molar-refractivity contribution in [1.82, 2.24) is 14.8 Å². The Labute approximate surface area is 120 Å². The van der Waals surface area contributed by atoms with E-state index in [-0.39, 0.29) is 6.04 Å². The van der Waals surface area contributed by atoms with Crippen LogP contribution in [0.4, 0.5) is 0 Å². The van der Waals surface area contributed by atoms with E-state index >= 15 is 0 Å². The van der Waals surface area contributed by atoms with Crippen LogP contribution >= 0.6 is 0 Å². The molecule has 0 radical (unpaired) electrons. The van der Waals surface area contributed by atoms with Gasteiger partial charge in [0.25, 0.3) is 0 Å². The van der Waals surface area contributed by atoms with Gasteiger partial charge < -0.3 is 10.6 Å². The molecular weight excluding hydrogens is 248 g/mol. The number of pyridine rings is 1. The number of nitrogens with two attached hydrogens (primary N) is 1. The van der Waals surface area contributed by atoms with E-state index in [2.05, 4.69) is 53.1 Å². The van der Waals surface area contributed by atoms with Crippen LogP contribution in [0.3, 0.4) is 0 Å². The predicted molar refractivity (Wildman–Crippen MR) is 82.6 cm³/mol. The van der Waals surface area contributed by atoms with Crippen molar-refractivity contribution in [3.63, 3.8) is 0 Å². The molecule has 0 amide bonds. The molecule has 1 aliphatic heterocycles. The van der Waals surface area contributed by atoms with Gasteiger partial charge in [-0.15, -0.1) is 0 Å². The van der Waals surface area contributed by atoms with Gasteiger partial charge in [0.2, 0.25) is 0 Å². The van der Waals surface area contributed by atoms with Crippen LogP contribution in [0.2, 0.25) is 0 Å².